The Hall–Kier alpha value is -3.37. The molecule has 1 N–H and O–H groups in total. The molecule has 0 aliphatic carbocycles. The Labute approximate surface area is 239 Å². The zero-order valence-electron chi connectivity index (χ0n) is 22.3. The Morgan fingerprint density at radius 3 is 2.18 bits per heavy atom. The van der Waals surface area contributed by atoms with Crippen molar-refractivity contribution in [3.05, 3.63) is 94.5 Å². The van der Waals surface area contributed by atoms with Gasteiger partial charge in [-0.2, -0.15) is 0 Å². The van der Waals surface area contributed by atoms with E-state index < -0.39 is 28.5 Å². The van der Waals surface area contributed by atoms with Crippen LogP contribution in [0.25, 0.3) is 0 Å². The minimum Gasteiger partial charge on any atom is -0.492 e. The summed E-state index contributed by atoms with van der Waals surface area (Å²) in [5.74, 6) is -0.475. The van der Waals surface area contributed by atoms with Crippen LogP contribution in [0.1, 0.15) is 25.0 Å². The van der Waals surface area contributed by atoms with Crippen molar-refractivity contribution < 1.29 is 22.7 Å². The lowest BCUT2D eigenvalue weighted by molar-refractivity contribution is -0.140. The van der Waals surface area contributed by atoms with E-state index in [4.69, 9.17) is 4.74 Å². The first kappa shape index (κ1) is 30.2. The molecule has 10 heteroatoms. The smallest absolute Gasteiger partial charge is 0.244 e. The number of sulfonamides is 1. The van der Waals surface area contributed by atoms with Crippen LogP contribution < -0.4 is 14.4 Å². The van der Waals surface area contributed by atoms with Crippen LogP contribution in [0, 0.1) is 0 Å². The van der Waals surface area contributed by atoms with Crippen molar-refractivity contribution in [2.24, 2.45) is 0 Å². The maximum atomic E-state index is 14.0. The first-order chi connectivity index (χ1) is 18.6. The Bertz CT molecular complexity index is 1350. The number of carbonyl (C=O) groups excluding carboxylic acids is 2. The van der Waals surface area contributed by atoms with Crippen molar-refractivity contribution >= 4 is 43.5 Å². The molecule has 0 saturated carbocycles. The van der Waals surface area contributed by atoms with Crippen LogP contribution in [0.4, 0.5) is 5.69 Å². The first-order valence-electron chi connectivity index (χ1n) is 12.7. The van der Waals surface area contributed by atoms with E-state index in [9.17, 15) is 18.0 Å². The number of amides is 2. The molecule has 0 aliphatic heterocycles. The third-order valence-electron chi connectivity index (χ3n) is 6.00. The molecular weight excluding hydrogens is 582 g/mol. The third kappa shape index (κ3) is 8.56. The predicted octanol–water partition coefficient (Wildman–Crippen LogP) is 4.39. The SMILES string of the molecule is CCNC(=O)[C@@H](Cc1ccccc1)N(Cc1ccc(Br)cc1)C(=O)CN(c1ccccc1OCC)S(C)(=O)=O. The number of ether oxygens (including phenoxy) is 1. The molecule has 208 valence electrons. The minimum atomic E-state index is -3.88. The van der Waals surface area contributed by atoms with Crippen LogP contribution in [-0.2, 0) is 32.6 Å². The van der Waals surface area contributed by atoms with Crippen molar-refractivity contribution in [1.29, 1.82) is 0 Å². The average molecular weight is 617 g/mol. The number of carbonyl (C=O) groups is 2. The fourth-order valence-electron chi connectivity index (χ4n) is 4.17. The van der Waals surface area contributed by atoms with E-state index in [1.165, 1.54) is 4.90 Å². The molecule has 0 unspecified atom stereocenters. The van der Waals surface area contributed by atoms with Crippen molar-refractivity contribution in [2.45, 2.75) is 32.9 Å². The number of anilines is 1. The summed E-state index contributed by atoms with van der Waals surface area (Å²) < 4.78 is 33.5. The predicted molar refractivity (Wildman–Crippen MR) is 157 cm³/mol. The summed E-state index contributed by atoms with van der Waals surface area (Å²) in [6.07, 6.45) is 1.32. The van der Waals surface area contributed by atoms with E-state index in [1.807, 2.05) is 61.5 Å². The van der Waals surface area contributed by atoms with Crippen LogP contribution >= 0.6 is 15.9 Å². The molecule has 3 aromatic rings. The lowest BCUT2D eigenvalue weighted by atomic mass is 10.0. The fraction of sp³-hybridized carbons (Fsp3) is 0.310. The largest absolute Gasteiger partial charge is 0.492 e. The van der Waals surface area contributed by atoms with Crippen molar-refractivity contribution in [3.8, 4) is 5.75 Å². The summed E-state index contributed by atoms with van der Waals surface area (Å²) in [7, 11) is -3.88. The van der Waals surface area contributed by atoms with Gasteiger partial charge in [0.15, 0.2) is 0 Å². The molecule has 0 bridgehead atoms. The molecule has 0 fully saturated rings. The highest BCUT2D eigenvalue weighted by atomic mass is 79.9. The maximum Gasteiger partial charge on any atom is 0.244 e. The normalized spacial score (nSPS) is 11.9. The highest BCUT2D eigenvalue weighted by molar-refractivity contribution is 9.10. The number of hydrogen-bond donors (Lipinski definition) is 1. The van der Waals surface area contributed by atoms with Crippen LogP contribution in [0.15, 0.2) is 83.3 Å². The highest BCUT2D eigenvalue weighted by Gasteiger charge is 2.33. The zero-order valence-corrected chi connectivity index (χ0v) is 24.7. The monoisotopic (exact) mass is 615 g/mol. The van der Waals surface area contributed by atoms with Gasteiger partial charge in [-0.1, -0.05) is 70.5 Å². The van der Waals surface area contributed by atoms with Gasteiger partial charge < -0.3 is 15.0 Å². The Balaban J connectivity index is 2.05. The topological polar surface area (TPSA) is 96.0 Å². The van der Waals surface area contributed by atoms with E-state index in [0.29, 0.717) is 18.9 Å². The molecule has 39 heavy (non-hydrogen) atoms. The molecule has 0 aliphatic rings. The Kier molecular flexibility index (Phi) is 10.9. The van der Waals surface area contributed by atoms with Crippen LogP contribution in [-0.4, -0.2) is 57.1 Å². The lowest BCUT2D eigenvalue weighted by Crippen LogP contribution is -2.53. The molecule has 1 atom stereocenters. The van der Waals surface area contributed by atoms with Gasteiger partial charge in [0.25, 0.3) is 0 Å². The number of nitrogens with zero attached hydrogens (tertiary/aromatic N) is 2. The van der Waals surface area contributed by atoms with Crippen LogP contribution in [0.5, 0.6) is 5.75 Å². The van der Waals surface area contributed by atoms with Gasteiger partial charge in [-0.25, -0.2) is 8.42 Å². The second-order valence-electron chi connectivity index (χ2n) is 8.92. The number of halogens is 1. The van der Waals surface area contributed by atoms with Gasteiger partial charge in [-0.05, 0) is 49.2 Å². The van der Waals surface area contributed by atoms with Crippen molar-refractivity contribution in [1.82, 2.24) is 10.2 Å². The number of likely N-dealkylation sites (N-methyl/N-ethyl adjacent to an activating group) is 1. The van der Waals surface area contributed by atoms with Gasteiger partial charge in [0.1, 0.15) is 18.3 Å². The minimum absolute atomic E-state index is 0.117. The fourth-order valence-corrected chi connectivity index (χ4v) is 5.29. The maximum absolute atomic E-state index is 14.0. The zero-order chi connectivity index (χ0) is 28.4. The molecule has 8 nitrogen and oxygen atoms in total. The molecule has 2 amide bonds. The Morgan fingerprint density at radius 2 is 1.56 bits per heavy atom. The average Bonchev–Trinajstić information content (AvgIpc) is 2.91. The van der Waals surface area contributed by atoms with E-state index in [2.05, 4.69) is 21.2 Å². The molecule has 0 heterocycles. The number of hydrogen-bond acceptors (Lipinski definition) is 5. The van der Waals surface area contributed by atoms with Gasteiger partial charge in [-0.3, -0.25) is 13.9 Å². The van der Waals surface area contributed by atoms with Crippen LogP contribution in [0.3, 0.4) is 0 Å². The van der Waals surface area contributed by atoms with Gasteiger partial charge in [0, 0.05) is 24.0 Å². The molecule has 0 spiro atoms. The van der Waals surface area contributed by atoms with E-state index in [1.54, 1.807) is 31.2 Å². The molecule has 0 radical (unpaired) electrons. The summed E-state index contributed by atoms with van der Waals surface area (Å²) in [5.41, 5.74) is 1.94. The molecule has 3 rings (SSSR count). The van der Waals surface area contributed by atoms with Crippen LogP contribution in [0.2, 0.25) is 0 Å². The summed E-state index contributed by atoms with van der Waals surface area (Å²) in [6, 6.07) is 22.7. The number of para-hydroxylation sites is 2. The van der Waals surface area contributed by atoms with Gasteiger partial charge >= 0.3 is 0 Å². The molecule has 0 aromatic heterocycles. The number of rotatable bonds is 13. The second kappa shape index (κ2) is 14.1. The van der Waals surface area contributed by atoms with Gasteiger partial charge in [-0.15, -0.1) is 0 Å². The summed E-state index contributed by atoms with van der Waals surface area (Å²) in [6.45, 7) is 3.95. The van der Waals surface area contributed by atoms with Crippen molar-refractivity contribution in [2.75, 3.05) is 30.3 Å². The summed E-state index contributed by atoms with van der Waals surface area (Å²) in [4.78, 5) is 28.9. The van der Waals surface area contributed by atoms with E-state index >= 15 is 0 Å². The van der Waals surface area contributed by atoms with Gasteiger partial charge in [0.2, 0.25) is 21.8 Å². The Morgan fingerprint density at radius 1 is 0.923 bits per heavy atom. The third-order valence-corrected chi connectivity index (χ3v) is 7.66. The first-order valence-corrected chi connectivity index (χ1v) is 15.3. The molecule has 3 aromatic carbocycles. The summed E-state index contributed by atoms with van der Waals surface area (Å²) in [5, 5.41) is 2.85. The van der Waals surface area contributed by atoms with Crippen molar-refractivity contribution in [3.63, 3.8) is 0 Å². The number of nitrogens with one attached hydrogen (secondary N) is 1. The molecular formula is C29H34BrN3O5S. The molecule has 0 saturated heterocycles. The number of benzene rings is 3. The highest BCUT2D eigenvalue weighted by Crippen LogP contribution is 2.30. The van der Waals surface area contributed by atoms with Gasteiger partial charge in [0.05, 0.1) is 18.6 Å². The quantitative estimate of drug-likeness (QED) is 0.308. The second-order valence-corrected chi connectivity index (χ2v) is 11.7. The van der Waals surface area contributed by atoms with E-state index in [-0.39, 0.29) is 24.6 Å². The summed E-state index contributed by atoms with van der Waals surface area (Å²) >= 11 is 3.43. The van der Waals surface area contributed by atoms with E-state index in [0.717, 1.165) is 26.2 Å². The standard InChI is InChI=1S/C29H34BrN3O5S/c1-4-31-29(35)26(19-22-11-7-6-8-12-22)32(20-23-15-17-24(30)18-16-23)28(34)21-33(39(3,36)37)25-13-9-10-14-27(25)38-5-2/h6-18,26H,4-5,19-21H2,1-3H3,(H,31,35)/t26-/m1/s1. The lowest BCUT2D eigenvalue weighted by Gasteiger charge is -2.33.